The number of anilines is 1. The Morgan fingerprint density at radius 3 is 2.63 bits per heavy atom. The quantitative estimate of drug-likeness (QED) is 0.472. The van der Waals surface area contributed by atoms with Gasteiger partial charge in [0.2, 0.25) is 5.91 Å². The number of methoxy groups -OCH3 is 1. The summed E-state index contributed by atoms with van der Waals surface area (Å²) in [6.07, 6.45) is 0. The van der Waals surface area contributed by atoms with Gasteiger partial charge in [0, 0.05) is 16.5 Å². The van der Waals surface area contributed by atoms with Crippen LogP contribution in [0.3, 0.4) is 0 Å². The zero-order chi connectivity index (χ0) is 20.7. The Hall–Kier alpha value is -3.38. The third-order valence-electron chi connectivity index (χ3n) is 5.34. The van der Waals surface area contributed by atoms with Crippen LogP contribution in [0.15, 0.2) is 72.8 Å². The lowest BCUT2D eigenvalue weighted by molar-refractivity contribution is -0.115. The zero-order valence-corrected chi connectivity index (χ0v) is 17.1. The standard InChI is InChI=1S/C24H20N2O3S/c1-29-20-13-16(11-12-19(20)27)24-26(21(28)14-30-24)23-17-9-5-6-10-18(17)25-22(23)15-7-3-2-4-8-15/h2-13,24-25,27H,14H2,1H3. The van der Waals surface area contributed by atoms with E-state index in [1.54, 1.807) is 23.9 Å². The summed E-state index contributed by atoms with van der Waals surface area (Å²) in [6.45, 7) is 0. The predicted octanol–water partition coefficient (Wildman–Crippen LogP) is 5.33. The van der Waals surface area contributed by atoms with Crippen molar-refractivity contribution in [3.63, 3.8) is 0 Å². The van der Waals surface area contributed by atoms with Crippen LogP contribution in [0, 0.1) is 0 Å². The van der Waals surface area contributed by atoms with Crippen LogP contribution >= 0.6 is 11.8 Å². The van der Waals surface area contributed by atoms with E-state index in [1.165, 1.54) is 7.11 Å². The van der Waals surface area contributed by atoms with E-state index < -0.39 is 0 Å². The number of aromatic nitrogens is 1. The molecule has 0 spiro atoms. The van der Waals surface area contributed by atoms with Crippen molar-refractivity contribution in [2.24, 2.45) is 0 Å². The number of phenols is 1. The van der Waals surface area contributed by atoms with Crippen molar-refractivity contribution in [3.05, 3.63) is 78.4 Å². The van der Waals surface area contributed by atoms with Crippen molar-refractivity contribution in [1.29, 1.82) is 0 Å². The number of carbonyl (C=O) groups excluding carboxylic acids is 1. The van der Waals surface area contributed by atoms with Crippen LogP contribution in [-0.2, 0) is 4.79 Å². The fraction of sp³-hybridized carbons (Fsp3) is 0.125. The van der Waals surface area contributed by atoms with Crippen LogP contribution in [0.4, 0.5) is 5.69 Å². The number of fused-ring (bicyclic) bond motifs is 1. The van der Waals surface area contributed by atoms with Gasteiger partial charge in [0.15, 0.2) is 11.5 Å². The molecule has 5 rings (SSSR count). The van der Waals surface area contributed by atoms with Crippen molar-refractivity contribution >= 4 is 34.3 Å². The molecule has 0 radical (unpaired) electrons. The fourth-order valence-electron chi connectivity index (χ4n) is 3.95. The second kappa shape index (κ2) is 7.46. The summed E-state index contributed by atoms with van der Waals surface area (Å²) in [5.41, 5.74) is 4.71. The molecular weight excluding hydrogens is 396 g/mol. The first kappa shape index (κ1) is 18.6. The van der Waals surface area contributed by atoms with E-state index in [2.05, 4.69) is 4.98 Å². The third kappa shape index (κ3) is 3.00. The highest BCUT2D eigenvalue weighted by Gasteiger charge is 2.37. The van der Waals surface area contributed by atoms with Gasteiger partial charge in [0.1, 0.15) is 5.37 Å². The molecule has 1 aromatic heterocycles. The van der Waals surface area contributed by atoms with Gasteiger partial charge in [-0.2, -0.15) is 0 Å². The van der Waals surface area contributed by atoms with Gasteiger partial charge in [0.25, 0.3) is 0 Å². The Morgan fingerprint density at radius 2 is 1.83 bits per heavy atom. The maximum Gasteiger partial charge on any atom is 0.238 e. The van der Waals surface area contributed by atoms with Gasteiger partial charge in [-0.15, -0.1) is 11.8 Å². The number of nitrogens with zero attached hydrogens (tertiary/aromatic N) is 1. The number of phenolic OH excluding ortho intramolecular Hbond substituents is 1. The summed E-state index contributed by atoms with van der Waals surface area (Å²) in [5.74, 6) is 0.925. The third-order valence-corrected chi connectivity index (χ3v) is 6.55. The zero-order valence-electron chi connectivity index (χ0n) is 16.3. The Balaban J connectivity index is 1.71. The van der Waals surface area contributed by atoms with E-state index in [0.29, 0.717) is 11.5 Å². The Bertz CT molecular complexity index is 1240. The second-order valence-corrected chi connectivity index (χ2v) is 8.19. The molecule has 1 amide bonds. The van der Waals surface area contributed by atoms with Gasteiger partial charge in [0.05, 0.1) is 24.2 Å². The van der Waals surface area contributed by atoms with Gasteiger partial charge in [-0.05, 0) is 23.8 Å². The van der Waals surface area contributed by atoms with Crippen LogP contribution in [-0.4, -0.2) is 28.9 Å². The summed E-state index contributed by atoms with van der Waals surface area (Å²) in [7, 11) is 1.52. The molecule has 0 bridgehead atoms. The maximum atomic E-state index is 13.1. The SMILES string of the molecule is COc1cc(C2SCC(=O)N2c2c(-c3ccccc3)[nH]c3ccccc23)ccc1O. The number of thioether (sulfide) groups is 1. The molecule has 0 aliphatic carbocycles. The van der Waals surface area contributed by atoms with Crippen molar-refractivity contribution in [2.45, 2.75) is 5.37 Å². The van der Waals surface area contributed by atoms with Crippen molar-refractivity contribution in [3.8, 4) is 22.8 Å². The van der Waals surface area contributed by atoms with Crippen molar-refractivity contribution in [2.75, 3.05) is 17.8 Å². The Kier molecular flexibility index (Phi) is 4.64. The topological polar surface area (TPSA) is 65.6 Å². The highest BCUT2D eigenvalue weighted by atomic mass is 32.2. The first-order valence-corrected chi connectivity index (χ1v) is 10.7. The fourth-order valence-corrected chi connectivity index (χ4v) is 5.10. The van der Waals surface area contributed by atoms with E-state index in [4.69, 9.17) is 4.74 Å². The normalized spacial score (nSPS) is 16.4. The lowest BCUT2D eigenvalue weighted by Gasteiger charge is -2.25. The molecule has 6 heteroatoms. The second-order valence-electron chi connectivity index (χ2n) is 7.12. The van der Waals surface area contributed by atoms with Gasteiger partial charge in [-0.25, -0.2) is 0 Å². The minimum Gasteiger partial charge on any atom is -0.504 e. The number of amides is 1. The molecule has 1 fully saturated rings. The summed E-state index contributed by atoms with van der Waals surface area (Å²) < 4.78 is 5.29. The summed E-state index contributed by atoms with van der Waals surface area (Å²) in [6, 6.07) is 23.4. The number of carbonyl (C=O) groups is 1. The molecule has 30 heavy (non-hydrogen) atoms. The molecule has 150 valence electrons. The van der Waals surface area contributed by atoms with Gasteiger partial charge in [-0.3, -0.25) is 9.69 Å². The van der Waals surface area contributed by atoms with E-state index in [-0.39, 0.29) is 17.0 Å². The van der Waals surface area contributed by atoms with Gasteiger partial charge >= 0.3 is 0 Å². The predicted molar refractivity (Wildman–Crippen MR) is 121 cm³/mol. The number of benzene rings is 3. The number of H-pyrrole nitrogens is 1. The van der Waals surface area contributed by atoms with Crippen molar-refractivity contribution < 1.29 is 14.6 Å². The van der Waals surface area contributed by atoms with E-state index in [1.807, 2.05) is 65.6 Å². The average molecular weight is 417 g/mol. The smallest absolute Gasteiger partial charge is 0.238 e. The van der Waals surface area contributed by atoms with Crippen LogP contribution in [0.1, 0.15) is 10.9 Å². The molecule has 2 N–H and O–H groups in total. The number of aromatic hydroxyl groups is 1. The van der Waals surface area contributed by atoms with E-state index in [0.717, 1.165) is 33.4 Å². The first-order chi connectivity index (χ1) is 14.7. The average Bonchev–Trinajstić information content (AvgIpc) is 3.35. The Labute approximate surface area is 178 Å². The van der Waals surface area contributed by atoms with Gasteiger partial charge < -0.3 is 14.8 Å². The summed E-state index contributed by atoms with van der Waals surface area (Å²) in [4.78, 5) is 18.5. The lowest BCUT2D eigenvalue weighted by Crippen LogP contribution is -2.28. The monoisotopic (exact) mass is 416 g/mol. The van der Waals surface area contributed by atoms with Crippen LogP contribution in [0.25, 0.3) is 22.2 Å². The summed E-state index contributed by atoms with van der Waals surface area (Å²) >= 11 is 1.57. The number of aromatic amines is 1. The molecular formula is C24H20N2O3S. The molecule has 1 atom stereocenters. The van der Waals surface area contributed by atoms with Crippen molar-refractivity contribution in [1.82, 2.24) is 4.98 Å². The highest BCUT2D eigenvalue weighted by Crippen LogP contribution is 2.48. The Morgan fingerprint density at radius 1 is 1.07 bits per heavy atom. The largest absolute Gasteiger partial charge is 0.504 e. The molecule has 2 heterocycles. The number of rotatable bonds is 4. The molecule has 0 saturated carbocycles. The minimum atomic E-state index is -0.214. The van der Waals surface area contributed by atoms with Crippen LogP contribution in [0.5, 0.6) is 11.5 Å². The molecule has 1 aliphatic rings. The molecule has 5 nitrogen and oxygen atoms in total. The first-order valence-electron chi connectivity index (χ1n) is 9.64. The maximum absolute atomic E-state index is 13.1. The number of hydrogen-bond donors (Lipinski definition) is 2. The van der Waals surface area contributed by atoms with Crippen LogP contribution in [0.2, 0.25) is 0 Å². The van der Waals surface area contributed by atoms with E-state index >= 15 is 0 Å². The number of nitrogens with one attached hydrogen (secondary N) is 1. The highest BCUT2D eigenvalue weighted by molar-refractivity contribution is 8.00. The van der Waals surface area contributed by atoms with Crippen LogP contribution < -0.4 is 9.64 Å². The molecule has 1 aliphatic heterocycles. The van der Waals surface area contributed by atoms with E-state index in [9.17, 15) is 9.90 Å². The number of para-hydroxylation sites is 1. The molecule has 1 unspecified atom stereocenters. The minimum absolute atomic E-state index is 0.0546. The number of ether oxygens (including phenoxy) is 1. The molecule has 3 aromatic carbocycles. The lowest BCUT2D eigenvalue weighted by atomic mass is 10.1. The number of hydrogen-bond acceptors (Lipinski definition) is 4. The summed E-state index contributed by atoms with van der Waals surface area (Å²) in [5, 5.41) is 10.8. The van der Waals surface area contributed by atoms with Gasteiger partial charge in [-0.1, -0.05) is 54.6 Å². The molecule has 4 aromatic rings. The molecule has 1 saturated heterocycles.